The second-order valence-corrected chi connectivity index (χ2v) is 14.1. The van der Waals surface area contributed by atoms with Crippen molar-refractivity contribution in [3.63, 3.8) is 0 Å². The molecule has 2 aromatic carbocycles. The Morgan fingerprint density at radius 3 is 1.39 bits per heavy atom. The summed E-state index contributed by atoms with van der Waals surface area (Å²) in [4.78, 5) is 35.2. The number of rotatable bonds is 16. The molecule has 5 aromatic heterocycles. The fourth-order valence-corrected chi connectivity index (χ4v) is 6.73. The molecule has 0 unspecified atom stereocenters. The number of azo groups is 2. The Labute approximate surface area is 356 Å². The lowest BCUT2D eigenvalue weighted by Gasteiger charge is -2.06. The standard InChI is InChI=1S/C42H46N16O4/c1-7-9-21-27-35(47-49-39-31(41(59)61-5)33(53-55(39)3)25-17-13-11-14-18-25)37(43)57(51-27)29-23-30(46-24-45-29)58-38(44)36(28(52-58)22-10-8-2)48-50-40-32(42(60)62-6)34(54-56(40)4)26-19-15-12-16-20-26/h11-20,23-24H,7-10,21-22,43-44H2,1-6H3. The highest BCUT2D eigenvalue weighted by molar-refractivity contribution is 6.01. The number of carbonyl (C=O) groups excluding carboxylic acids is 2. The molecule has 0 fully saturated rings. The third-order valence-electron chi connectivity index (χ3n) is 9.93. The zero-order chi connectivity index (χ0) is 43.9. The van der Waals surface area contributed by atoms with Crippen LogP contribution in [0.15, 0.2) is 93.5 Å². The SMILES string of the molecule is CCCCc1nn(-c2cc(-n3nc(CCCC)c(N=Nc4c(C(=O)OC)c(-c5ccccc5)nn4C)c3N)ncn2)c(N)c1N=Nc1c(C(=O)OC)c(-c2ccccc2)nn1C. The number of ether oxygens (including phenoxy) is 2. The van der Waals surface area contributed by atoms with Crippen LogP contribution in [0.25, 0.3) is 34.2 Å². The molecule has 20 nitrogen and oxygen atoms in total. The molecule has 4 N–H and O–H groups in total. The van der Waals surface area contributed by atoms with E-state index in [1.807, 2.05) is 60.7 Å². The van der Waals surface area contributed by atoms with E-state index >= 15 is 0 Å². The van der Waals surface area contributed by atoms with Crippen LogP contribution in [0.2, 0.25) is 0 Å². The average molecular weight is 839 g/mol. The number of carbonyl (C=O) groups is 2. The van der Waals surface area contributed by atoms with Crippen molar-refractivity contribution in [3.8, 4) is 34.2 Å². The number of anilines is 2. The lowest BCUT2D eigenvalue weighted by Crippen LogP contribution is -2.09. The number of hydrogen-bond donors (Lipinski definition) is 2. The summed E-state index contributed by atoms with van der Waals surface area (Å²) < 4.78 is 16.1. The normalized spacial score (nSPS) is 11.6. The number of nitrogens with zero attached hydrogens (tertiary/aromatic N) is 14. The van der Waals surface area contributed by atoms with E-state index in [1.165, 1.54) is 39.3 Å². The smallest absolute Gasteiger partial charge is 0.344 e. The molecule has 7 aromatic rings. The van der Waals surface area contributed by atoms with Crippen LogP contribution in [0, 0.1) is 0 Å². The van der Waals surface area contributed by atoms with Crippen molar-refractivity contribution in [1.82, 2.24) is 49.1 Å². The molecule has 0 saturated carbocycles. The van der Waals surface area contributed by atoms with E-state index in [0.717, 1.165) is 25.7 Å². The molecule has 0 aliphatic heterocycles. The number of hydrogen-bond acceptors (Lipinski definition) is 16. The Balaban J connectivity index is 1.27. The molecule has 0 radical (unpaired) electrons. The molecular weight excluding hydrogens is 793 g/mol. The topological polar surface area (TPSA) is 251 Å². The highest BCUT2D eigenvalue weighted by Gasteiger charge is 2.28. The van der Waals surface area contributed by atoms with Gasteiger partial charge in [0.15, 0.2) is 46.3 Å². The Morgan fingerprint density at radius 1 is 0.613 bits per heavy atom. The van der Waals surface area contributed by atoms with Gasteiger partial charge >= 0.3 is 11.9 Å². The van der Waals surface area contributed by atoms with Crippen molar-refractivity contribution < 1.29 is 19.1 Å². The quantitative estimate of drug-likeness (QED) is 0.0696. The first-order valence-electron chi connectivity index (χ1n) is 19.9. The van der Waals surface area contributed by atoms with E-state index in [2.05, 4.69) is 54.5 Å². The molecule has 20 heteroatoms. The van der Waals surface area contributed by atoms with Gasteiger partial charge in [-0.2, -0.15) is 29.8 Å². The van der Waals surface area contributed by atoms with Crippen molar-refractivity contribution in [2.45, 2.75) is 52.4 Å². The van der Waals surface area contributed by atoms with Crippen LogP contribution in [0.5, 0.6) is 0 Å². The first kappa shape index (κ1) is 42.2. The van der Waals surface area contributed by atoms with Crippen LogP contribution in [0.3, 0.4) is 0 Å². The predicted molar refractivity (Wildman–Crippen MR) is 231 cm³/mol. The highest BCUT2D eigenvalue weighted by Crippen LogP contribution is 2.38. The summed E-state index contributed by atoms with van der Waals surface area (Å²) in [6.45, 7) is 4.13. The van der Waals surface area contributed by atoms with Gasteiger partial charge in [-0.3, -0.25) is 0 Å². The zero-order valence-corrected chi connectivity index (χ0v) is 35.2. The van der Waals surface area contributed by atoms with E-state index in [4.69, 9.17) is 31.1 Å². The Morgan fingerprint density at radius 2 is 1.02 bits per heavy atom. The zero-order valence-electron chi connectivity index (χ0n) is 35.2. The summed E-state index contributed by atoms with van der Waals surface area (Å²) in [6, 6.07) is 20.2. The van der Waals surface area contributed by atoms with Crippen LogP contribution in [0.1, 0.15) is 71.6 Å². The minimum absolute atomic E-state index is 0.147. The second kappa shape index (κ2) is 18.6. The highest BCUT2D eigenvalue weighted by atomic mass is 16.5. The van der Waals surface area contributed by atoms with E-state index in [-0.39, 0.29) is 34.4 Å². The Hall–Kier alpha value is -7.90. The Bertz CT molecular complexity index is 2600. The van der Waals surface area contributed by atoms with Gasteiger partial charge in [-0.15, -0.1) is 20.5 Å². The molecule has 0 bridgehead atoms. The fourth-order valence-electron chi connectivity index (χ4n) is 6.73. The number of aryl methyl sites for hydroxylation is 4. The molecule has 0 spiro atoms. The van der Waals surface area contributed by atoms with E-state index in [0.29, 0.717) is 69.8 Å². The average Bonchev–Trinajstić information content (AvgIpc) is 4.02. The van der Waals surface area contributed by atoms with Gasteiger partial charge in [0, 0.05) is 31.3 Å². The first-order chi connectivity index (χ1) is 30.1. The van der Waals surface area contributed by atoms with Crippen LogP contribution >= 0.6 is 0 Å². The summed E-state index contributed by atoms with van der Waals surface area (Å²) in [5.74, 6) is 0.0141. The maximum atomic E-state index is 13.1. The van der Waals surface area contributed by atoms with Crippen molar-refractivity contribution >= 4 is 46.6 Å². The maximum absolute atomic E-state index is 13.1. The van der Waals surface area contributed by atoms with Gasteiger partial charge in [-0.1, -0.05) is 87.4 Å². The van der Waals surface area contributed by atoms with Gasteiger partial charge in [0.2, 0.25) is 0 Å². The second-order valence-electron chi connectivity index (χ2n) is 14.1. The lowest BCUT2D eigenvalue weighted by atomic mass is 10.1. The van der Waals surface area contributed by atoms with Crippen molar-refractivity contribution in [3.05, 3.63) is 95.6 Å². The van der Waals surface area contributed by atoms with Gasteiger partial charge in [-0.25, -0.2) is 28.9 Å². The molecule has 62 heavy (non-hydrogen) atoms. The van der Waals surface area contributed by atoms with E-state index < -0.39 is 11.9 Å². The number of benzene rings is 2. The largest absolute Gasteiger partial charge is 0.465 e. The number of nitrogens with two attached hydrogens (primary N) is 2. The first-order valence-corrected chi connectivity index (χ1v) is 19.9. The van der Waals surface area contributed by atoms with Crippen LogP contribution in [-0.2, 0) is 36.4 Å². The van der Waals surface area contributed by atoms with Crippen LogP contribution in [0.4, 0.5) is 34.6 Å². The summed E-state index contributed by atoms with van der Waals surface area (Å²) >= 11 is 0. The number of methoxy groups -OCH3 is 2. The van der Waals surface area contributed by atoms with Gasteiger partial charge in [0.1, 0.15) is 28.8 Å². The molecule has 0 atom stereocenters. The van der Waals surface area contributed by atoms with Crippen LogP contribution < -0.4 is 11.5 Å². The molecule has 7 rings (SSSR count). The predicted octanol–water partition coefficient (Wildman–Crippen LogP) is 7.90. The third kappa shape index (κ3) is 8.29. The van der Waals surface area contributed by atoms with Gasteiger partial charge in [-0.05, 0) is 25.7 Å². The van der Waals surface area contributed by atoms with Gasteiger partial charge in [0.05, 0.1) is 25.6 Å². The van der Waals surface area contributed by atoms with Gasteiger partial charge in [0.25, 0.3) is 0 Å². The fraction of sp³-hybridized carbons (Fsp3) is 0.286. The summed E-state index contributed by atoms with van der Waals surface area (Å²) in [5, 5.41) is 36.9. The minimum Gasteiger partial charge on any atom is -0.465 e. The number of esters is 2. The van der Waals surface area contributed by atoms with E-state index in [1.54, 1.807) is 20.2 Å². The van der Waals surface area contributed by atoms with Crippen molar-refractivity contribution in [1.29, 1.82) is 0 Å². The molecule has 5 heterocycles. The summed E-state index contributed by atoms with van der Waals surface area (Å²) in [7, 11) is 5.93. The molecule has 0 aliphatic carbocycles. The van der Waals surface area contributed by atoms with Crippen molar-refractivity contribution in [2.75, 3.05) is 25.7 Å². The minimum atomic E-state index is -0.616. The number of unbranched alkanes of at least 4 members (excludes halogenated alkanes) is 2. The number of aromatic nitrogens is 10. The molecule has 318 valence electrons. The van der Waals surface area contributed by atoms with Crippen LogP contribution in [-0.4, -0.2) is 75.2 Å². The Kier molecular flexibility index (Phi) is 12.6. The lowest BCUT2D eigenvalue weighted by molar-refractivity contribution is 0.0593. The van der Waals surface area contributed by atoms with Crippen molar-refractivity contribution in [2.24, 2.45) is 34.6 Å². The summed E-state index contributed by atoms with van der Waals surface area (Å²) in [5.41, 5.74) is 17.8. The van der Waals surface area contributed by atoms with E-state index in [9.17, 15) is 9.59 Å². The van der Waals surface area contributed by atoms with Gasteiger partial charge < -0.3 is 20.9 Å². The molecule has 0 aliphatic rings. The number of nitrogen functional groups attached to an aromatic ring is 2. The molecule has 0 amide bonds. The molecular formula is C42H46N16O4. The maximum Gasteiger partial charge on any atom is 0.344 e. The summed E-state index contributed by atoms with van der Waals surface area (Å²) in [6.07, 6.45) is 5.76. The third-order valence-corrected chi connectivity index (χ3v) is 9.93. The monoisotopic (exact) mass is 838 g/mol. The molecule has 0 saturated heterocycles.